The number of hydrogen-bond donors (Lipinski definition) is 2. The first-order chi connectivity index (χ1) is 7.95. The van der Waals surface area contributed by atoms with Gasteiger partial charge < -0.3 is 15.8 Å². The third-order valence-electron chi connectivity index (χ3n) is 1.97. The summed E-state index contributed by atoms with van der Waals surface area (Å²) < 4.78 is 6.13. The SMILES string of the molecule is CCOc1c(Br)cc(Cl)cc1NC(=O)C(C)N.Cl. The first-order valence-electron chi connectivity index (χ1n) is 5.14. The number of ether oxygens (including phenoxy) is 1. The second kappa shape index (κ2) is 7.84. The number of amides is 1. The number of carbonyl (C=O) groups is 1. The Hall–Kier alpha value is -0.490. The Bertz CT molecular complexity index is 428. The normalized spacial score (nSPS) is 11.4. The van der Waals surface area contributed by atoms with Gasteiger partial charge in [0.2, 0.25) is 5.91 Å². The fraction of sp³-hybridized carbons (Fsp3) is 0.364. The zero-order valence-electron chi connectivity index (χ0n) is 10.00. The summed E-state index contributed by atoms with van der Waals surface area (Å²) in [7, 11) is 0. The van der Waals surface area contributed by atoms with Gasteiger partial charge in [-0.2, -0.15) is 0 Å². The summed E-state index contributed by atoms with van der Waals surface area (Å²) in [6.45, 7) is 3.95. The van der Waals surface area contributed by atoms with Crippen molar-refractivity contribution >= 4 is 51.5 Å². The number of nitrogens with two attached hydrogens (primary N) is 1. The maximum atomic E-state index is 11.5. The Morgan fingerprint density at radius 1 is 1.61 bits per heavy atom. The van der Waals surface area contributed by atoms with E-state index in [2.05, 4.69) is 21.2 Å². The van der Waals surface area contributed by atoms with Crippen LogP contribution in [-0.2, 0) is 4.79 Å². The maximum absolute atomic E-state index is 11.5. The van der Waals surface area contributed by atoms with E-state index in [1.165, 1.54) is 0 Å². The molecule has 0 heterocycles. The molecule has 1 atom stereocenters. The molecule has 1 rings (SSSR count). The van der Waals surface area contributed by atoms with Gasteiger partial charge in [-0.15, -0.1) is 12.4 Å². The quantitative estimate of drug-likeness (QED) is 0.869. The molecule has 7 heteroatoms. The Kier molecular flexibility index (Phi) is 7.62. The van der Waals surface area contributed by atoms with Crippen LogP contribution in [0.4, 0.5) is 5.69 Å². The van der Waals surface area contributed by atoms with Crippen LogP contribution in [0.5, 0.6) is 5.75 Å². The number of nitrogens with one attached hydrogen (secondary N) is 1. The molecule has 0 saturated carbocycles. The van der Waals surface area contributed by atoms with E-state index in [-0.39, 0.29) is 18.3 Å². The zero-order chi connectivity index (χ0) is 13.0. The highest BCUT2D eigenvalue weighted by Crippen LogP contribution is 2.36. The van der Waals surface area contributed by atoms with E-state index in [4.69, 9.17) is 22.1 Å². The van der Waals surface area contributed by atoms with Crippen LogP contribution in [0.1, 0.15) is 13.8 Å². The van der Waals surface area contributed by atoms with Gasteiger partial charge in [0.25, 0.3) is 0 Å². The minimum absolute atomic E-state index is 0. The van der Waals surface area contributed by atoms with E-state index in [1.54, 1.807) is 19.1 Å². The summed E-state index contributed by atoms with van der Waals surface area (Å²) in [5.74, 6) is 0.256. The molecule has 0 bridgehead atoms. The standard InChI is InChI=1S/C11H14BrClN2O2.ClH/c1-3-17-10-8(12)4-7(13)5-9(10)15-11(16)6(2)14;/h4-6H,3,14H2,1-2H3,(H,15,16);1H. The highest BCUT2D eigenvalue weighted by atomic mass is 79.9. The third-order valence-corrected chi connectivity index (χ3v) is 2.78. The van der Waals surface area contributed by atoms with Gasteiger partial charge in [-0.1, -0.05) is 11.6 Å². The van der Waals surface area contributed by atoms with Crippen molar-refractivity contribution in [2.45, 2.75) is 19.9 Å². The van der Waals surface area contributed by atoms with Crippen molar-refractivity contribution < 1.29 is 9.53 Å². The monoisotopic (exact) mass is 356 g/mol. The summed E-state index contributed by atoms with van der Waals surface area (Å²) in [6.07, 6.45) is 0. The molecule has 102 valence electrons. The van der Waals surface area contributed by atoms with Crippen LogP contribution in [0, 0.1) is 0 Å². The highest BCUT2D eigenvalue weighted by Gasteiger charge is 2.14. The molecule has 0 spiro atoms. The minimum Gasteiger partial charge on any atom is -0.491 e. The Balaban J connectivity index is 0.00000289. The molecule has 1 aromatic carbocycles. The van der Waals surface area contributed by atoms with Crippen molar-refractivity contribution in [3.63, 3.8) is 0 Å². The second-order valence-electron chi connectivity index (χ2n) is 3.48. The van der Waals surface area contributed by atoms with Crippen molar-refractivity contribution in [3.8, 4) is 5.75 Å². The Morgan fingerprint density at radius 3 is 2.72 bits per heavy atom. The molecule has 0 aliphatic carbocycles. The van der Waals surface area contributed by atoms with Gasteiger partial charge in [-0.25, -0.2) is 0 Å². The van der Waals surface area contributed by atoms with Gasteiger partial charge in [0.15, 0.2) is 5.75 Å². The molecule has 1 unspecified atom stereocenters. The fourth-order valence-corrected chi connectivity index (χ4v) is 2.12. The lowest BCUT2D eigenvalue weighted by atomic mass is 10.2. The van der Waals surface area contributed by atoms with E-state index in [0.717, 1.165) is 0 Å². The molecule has 1 amide bonds. The van der Waals surface area contributed by atoms with Gasteiger partial charge in [0, 0.05) is 5.02 Å². The van der Waals surface area contributed by atoms with Gasteiger partial charge in [0.05, 0.1) is 22.8 Å². The summed E-state index contributed by atoms with van der Waals surface area (Å²) in [4.78, 5) is 11.5. The van der Waals surface area contributed by atoms with Crippen LogP contribution in [0.25, 0.3) is 0 Å². The smallest absolute Gasteiger partial charge is 0.241 e. The predicted octanol–water partition coefficient (Wildman–Crippen LogP) is 3.21. The van der Waals surface area contributed by atoms with E-state index in [1.807, 2.05) is 6.92 Å². The third kappa shape index (κ3) is 4.65. The minimum atomic E-state index is -0.595. The topological polar surface area (TPSA) is 64.3 Å². The number of hydrogen-bond acceptors (Lipinski definition) is 3. The van der Waals surface area contributed by atoms with E-state index < -0.39 is 6.04 Å². The molecule has 0 aliphatic heterocycles. The lowest BCUT2D eigenvalue weighted by Gasteiger charge is -2.14. The number of rotatable bonds is 4. The number of carbonyl (C=O) groups excluding carboxylic acids is 1. The van der Waals surface area contributed by atoms with Crippen LogP contribution >= 0.6 is 39.9 Å². The lowest BCUT2D eigenvalue weighted by Crippen LogP contribution is -2.32. The molecule has 0 saturated heterocycles. The van der Waals surface area contributed by atoms with Crippen LogP contribution in [0.2, 0.25) is 5.02 Å². The predicted molar refractivity (Wildman–Crippen MR) is 79.8 cm³/mol. The molecule has 0 aromatic heterocycles. The molecule has 18 heavy (non-hydrogen) atoms. The molecule has 0 aliphatic rings. The molecule has 0 radical (unpaired) electrons. The fourth-order valence-electron chi connectivity index (χ4n) is 1.19. The molecule has 4 nitrogen and oxygen atoms in total. The lowest BCUT2D eigenvalue weighted by molar-refractivity contribution is -0.117. The van der Waals surface area contributed by atoms with Gasteiger partial charge >= 0.3 is 0 Å². The van der Waals surface area contributed by atoms with Crippen molar-refractivity contribution in [3.05, 3.63) is 21.6 Å². The summed E-state index contributed by atoms with van der Waals surface area (Å²) in [6, 6.07) is 2.73. The average molecular weight is 358 g/mol. The van der Waals surface area contributed by atoms with Crippen molar-refractivity contribution in [2.24, 2.45) is 5.73 Å². The van der Waals surface area contributed by atoms with E-state index in [9.17, 15) is 4.79 Å². The van der Waals surface area contributed by atoms with E-state index >= 15 is 0 Å². The maximum Gasteiger partial charge on any atom is 0.241 e. The van der Waals surface area contributed by atoms with Crippen molar-refractivity contribution in [1.29, 1.82) is 0 Å². The highest BCUT2D eigenvalue weighted by molar-refractivity contribution is 9.10. The number of anilines is 1. The Labute approximate surface area is 126 Å². The van der Waals surface area contributed by atoms with E-state index in [0.29, 0.717) is 27.5 Å². The molecule has 3 N–H and O–H groups in total. The largest absolute Gasteiger partial charge is 0.491 e. The summed E-state index contributed by atoms with van der Waals surface area (Å²) >= 11 is 9.25. The van der Waals surface area contributed by atoms with Gasteiger partial charge in [0.1, 0.15) is 0 Å². The number of benzene rings is 1. The van der Waals surface area contributed by atoms with Gasteiger partial charge in [-0.05, 0) is 41.9 Å². The number of halogens is 3. The van der Waals surface area contributed by atoms with Crippen LogP contribution < -0.4 is 15.8 Å². The van der Waals surface area contributed by atoms with Gasteiger partial charge in [-0.3, -0.25) is 4.79 Å². The summed E-state index contributed by atoms with van der Waals surface area (Å²) in [5.41, 5.74) is 5.99. The average Bonchev–Trinajstić information content (AvgIpc) is 2.22. The van der Waals surface area contributed by atoms with Crippen molar-refractivity contribution in [1.82, 2.24) is 0 Å². The molecule has 1 aromatic rings. The molecule has 0 fully saturated rings. The zero-order valence-corrected chi connectivity index (χ0v) is 13.2. The van der Waals surface area contributed by atoms with Crippen LogP contribution in [0.15, 0.2) is 16.6 Å². The van der Waals surface area contributed by atoms with Crippen molar-refractivity contribution in [2.75, 3.05) is 11.9 Å². The first-order valence-corrected chi connectivity index (χ1v) is 6.31. The Morgan fingerprint density at radius 2 is 2.22 bits per heavy atom. The van der Waals surface area contributed by atoms with Crippen LogP contribution in [-0.4, -0.2) is 18.6 Å². The molecular formula is C11H15BrCl2N2O2. The first kappa shape index (κ1) is 17.5. The summed E-state index contributed by atoms with van der Waals surface area (Å²) in [5, 5.41) is 3.17. The second-order valence-corrected chi connectivity index (χ2v) is 4.77. The van der Waals surface area contributed by atoms with Crippen LogP contribution in [0.3, 0.4) is 0 Å². The molecular weight excluding hydrogens is 343 g/mol.